The van der Waals surface area contributed by atoms with Crippen molar-refractivity contribution in [3.8, 4) is 0 Å². The highest BCUT2D eigenvalue weighted by molar-refractivity contribution is 7.94. The lowest BCUT2D eigenvalue weighted by molar-refractivity contribution is -0.160. The molecule has 1 aromatic carbocycles. The summed E-state index contributed by atoms with van der Waals surface area (Å²) in [4.78, 5) is 23.4. The molecular formula is C15H18O6S. The number of esters is 2. The van der Waals surface area contributed by atoms with Crippen molar-refractivity contribution < 1.29 is 27.5 Å². The van der Waals surface area contributed by atoms with Crippen LogP contribution in [0.1, 0.15) is 6.92 Å². The molecule has 0 bridgehead atoms. The second-order valence-electron chi connectivity index (χ2n) is 4.57. The third-order valence-corrected chi connectivity index (χ3v) is 4.51. The molecule has 22 heavy (non-hydrogen) atoms. The van der Waals surface area contributed by atoms with Gasteiger partial charge in [0.1, 0.15) is 0 Å². The van der Waals surface area contributed by atoms with Gasteiger partial charge in [0, 0.05) is 5.41 Å². The van der Waals surface area contributed by atoms with Crippen molar-refractivity contribution in [3.63, 3.8) is 0 Å². The van der Waals surface area contributed by atoms with Gasteiger partial charge in [-0.15, -0.1) is 0 Å². The molecular weight excluding hydrogens is 308 g/mol. The monoisotopic (exact) mass is 326 g/mol. The summed E-state index contributed by atoms with van der Waals surface area (Å²) in [6, 6.07) is 7.84. The van der Waals surface area contributed by atoms with Gasteiger partial charge < -0.3 is 9.47 Å². The molecule has 0 radical (unpaired) electrons. The number of hydrogen-bond donors (Lipinski definition) is 0. The summed E-state index contributed by atoms with van der Waals surface area (Å²) in [6.07, 6.45) is 1.28. The zero-order valence-electron chi connectivity index (χ0n) is 12.6. The van der Waals surface area contributed by atoms with Crippen LogP contribution < -0.4 is 0 Å². The Hall–Kier alpha value is -2.15. The van der Waals surface area contributed by atoms with Gasteiger partial charge in [0.25, 0.3) is 0 Å². The molecule has 0 fully saturated rings. The van der Waals surface area contributed by atoms with Gasteiger partial charge in [-0.3, -0.25) is 9.59 Å². The fraction of sp³-hybridized carbons (Fsp3) is 0.333. The summed E-state index contributed by atoms with van der Waals surface area (Å²) in [6.45, 7) is 1.54. The van der Waals surface area contributed by atoms with Gasteiger partial charge in [-0.25, -0.2) is 8.42 Å². The van der Waals surface area contributed by atoms with Crippen LogP contribution in [-0.4, -0.2) is 34.6 Å². The van der Waals surface area contributed by atoms with Gasteiger partial charge in [0.2, 0.25) is 0 Å². The number of carbonyl (C=O) groups excluding carboxylic acids is 2. The van der Waals surface area contributed by atoms with Gasteiger partial charge in [0.05, 0.1) is 19.1 Å². The Morgan fingerprint density at radius 2 is 1.55 bits per heavy atom. The van der Waals surface area contributed by atoms with Gasteiger partial charge in [-0.1, -0.05) is 31.2 Å². The third-order valence-electron chi connectivity index (χ3n) is 3.07. The van der Waals surface area contributed by atoms with Crippen molar-refractivity contribution in [3.05, 3.63) is 41.8 Å². The van der Waals surface area contributed by atoms with Crippen LogP contribution in [0.15, 0.2) is 46.7 Å². The van der Waals surface area contributed by atoms with Crippen LogP contribution in [0.5, 0.6) is 0 Å². The zero-order valence-corrected chi connectivity index (χ0v) is 13.4. The van der Waals surface area contributed by atoms with Crippen molar-refractivity contribution in [2.24, 2.45) is 11.8 Å². The molecule has 1 atom stereocenters. The Balaban J connectivity index is 3.00. The minimum Gasteiger partial charge on any atom is -0.468 e. The molecule has 0 aliphatic heterocycles. The van der Waals surface area contributed by atoms with E-state index in [0.717, 1.165) is 19.6 Å². The van der Waals surface area contributed by atoms with Crippen molar-refractivity contribution in [2.45, 2.75) is 11.8 Å². The molecule has 6 nitrogen and oxygen atoms in total. The van der Waals surface area contributed by atoms with Crippen LogP contribution in [0.25, 0.3) is 0 Å². The van der Waals surface area contributed by atoms with Gasteiger partial charge in [0.15, 0.2) is 15.8 Å². The maximum Gasteiger partial charge on any atom is 0.320 e. The molecule has 0 spiro atoms. The molecule has 1 aromatic rings. The number of ether oxygens (including phenoxy) is 2. The average molecular weight is 326 g/mol. The Morgan fingerprint density at radius 1 is 1.05 bits per heavy atom. The summed E-state index contributed by atoms with van der Waals surface area (Å²) in [7, 11) is -1.34. The summed E-state index contributed by atoms with van der Waals surface area (Å²) in [5.41, 5.74) is 0. The minimum absolute atomic E-state index is 0.131. The second-order valence-corrected chi connectivity index (χ2v) is 6.40. The summed E-state index contributed by atoms with van der Waals surface area (Å²) < 4.78 is 33.3. The fourth-order valence-corrected chi connectivity index (χ4v) is 2.96. The highest BCUT2D eigenvalue weighted by Gasteiger charge is 2.33. The van der Waals surface area contributed by atoms with Crippen LogP contribution in [0, 0.1) is 11.8 Å². The Kier molecular flexibility index (Phi) is 6.30. The zero-order chi connectivity index (χ0) is 16.8. The van der Waals surface area contributed by atoms with Gasteiger partial charge in [-0.05, 0) is 18.1 Å². The molecule has 1 rings (SSSR count). The maximum absolute atomic E-state index is 12.1. The maximum atomic E-state index is 12.1. The van der Waals surface area contributed by atoms with E-state index >= 15 is 0 Å². The molecule has 7 heteroatoms. The van der Waals surface area contributed by atoms with Crippen molar-refractivity contribution in [1.82, 2.24) is 0 Å². The molecule has 0 saturated heterocycles. The van der Waals surface area contributed by atoms with E-state index in [4.69, 9.17) is 0 Å². The van der Waals surface area contributed by atoms with Crippen molar-refractivity contribution in [1.29, 1.82) is 0 Å². The van der Waals surface area contributed by atoms with E-state index in [1.807, 2.05) is 0 Å². The number of allylic oxidation sites excluding steroid dienone is 1. The molecule has 0 aliphatic rings. The number of methoxy groups -OCH3 is 2. The molecule has 0 saturated carbocycles. The smallest absolute Gasteiger partial charge is 0.320 e. The minimum atomic E-state index is -3.64. The summed E-state index contributed by atoms with van der Waals surface area (Å²) in [5.74, 6) is -3.46. The quantitative estimate of drug-likeness (QED) is 0.582. The van der Waals surface area contributed by atoms with E-state index < -0.39 is 33.6 Å². The van der Waals surface area contributed by atoms with Crippen LogP contribution in [0.2, 0.25) is 0 Å². The van der Waals surface area contributed by atoms with Crippen LogP contribution >= 0.6 is 0 Å². The van der Waals surface area contributed by atoms with Crippen LogP contribution in [0.4, 0.5) is 0 Å². The fourth-order valence-electron chi connectivity index (χ4n) is 1.81. The summed E-state index contributed by atoms with van der Waals surface area (Å²) in [5, 5.41) is 0.978. The Morgan fingerprint density at radius 3 is 2.00 bits per heavy atom. The van der Waals surface area contributed by atoms with E-state index in [2.05, 4.69) is 9.47 Å². The number of carbonyl (C=O) groups is 2. The SMILES string of the molecule is COC(=O)C(C(=O)OC)[C@@H](C)/C=C/S(=O)(=O)c1ccccc1. The average Bonchev–Trinajstić information content (AvgIpc) is 2.53. The van der Waals surface area contributed by atoms with Gasteiger partial charge in [-0.2, -0.15) is 0 Å². The van der Waals surface area contributed by atoms with Crippen molar-refractivity contribution >= 4 is 21.8 Å². The lowest BCUT2D eigenvalue weighted by Crippen LogP contribution is -2.31. The molecule has 0 aromatic heterocycles. The summed E-state index contributed by atoms with van der Waals surface area (Å²) >= 11 is 0. The van der Waals surface area contributed by atoms with E-state index in [9.17, 15) is 18.0 Å². The largest absolute Gasteiger partial charge is 0.468 e. The van der Waals surface area contributed by atoms with E-state index in [0.29, 0.717) is 0 Å². The van der Waals surface area contributed by atoms with E-state index in [1.54, 1.807) is 18.2 Å². The first-order valence-electron chi connectivity index (χ1n) is 6.47. The van der Waals surface area contributed by atoms with Gasteiger partial charge >= 0.3 is 11.9 Å². The second kappa shape index (κ2) is 7.74. The topological polar surface area (TPSA) is 86.7 Å². The first kappa shape index (κ1) is 17.9. The highest BCUT2D eigenvalue weighted by atomic mass is 32.2. The normalized spacial score (nSPS) is 13.1. The van der Waals surface area contributed by atoms with E-state index in [-0.39, 0.29) is 4.90 Å². The number of benzene rings is 1. The lowest BCUT2D eigenvalue weighted by atomic mass is 9.94. The number of hydrogen-bond acceptors (Lipinski definition) is 6. The highest BCUT2D eigenvalue weighted by Crippen LogP contribution is 2.19. The molecule has 0 aliphatic carbocycles. The molecule has 0 unspecified atom stereocenters. The number of sulfone groups is 1. The predicted molar refractivity (Wildman–Crippen MR) is 79.5 cm³/mol. The Labute approximate surface area is 129 Å². The number of rotatable bonds is 6. The Bertz CT molecular complexity index is 632. The van der Waals surface area contributed by atoms with Crippen LogP contribution in [0.3, 0.4) is 0 Å². The van der Waals surface area contributed by atoms with Crippen molar-refractivity contribution in [2.75, 3.05) is 14.2 Å². The molecule has 0 N–H and O–H groups in total. The standard InChI is InChI=1S/C15H18O6S/c1-11(13(14(16)20-2)15(17)21-3)9-10-22(18,19)12-7-5-4-6-8-12/h4-11,13H,1-3H3/b10-9+/t11-/m0/s1. The first-order chi connectivity index (χ1) is 10.3. The third kappa shape index (κ3) is 4.42. The lowest BCUT2D eigenvalue weighted by Gasteiger charge is -2.16. The first-order valence-corrected chi connectivity index (χ1v) is 8.02. The molecule has 0 heterocycles. The molecule has 0 amide bonds. The van der Waals surface area contributed by atoms with E-state index in [1.165, 1.54) is 25.1 Å². The van der Waals surface area contributed by atoms with Crippen LogP contribution in [-0.2, 0) is 28.9 Å². The molecule has 120 valence electrons. The predicted octanol–water partition coefficient (Wildman–Crippen LogP) is 1.57.